The molecule has 5 atom stereocenters. The number of hydrogen-bond acceptors (Lipinski definition) is 2. The van der Waals surface area contributed by atoms with E-state index >= 15 is 0 Å². The van der Waals surface area contributed by atoms with Crippen LogP contribution in [0.5, 0.6) is 0 Å². The fourth-order valence-corrected chi connectivity index (χ4v) is 6.16. The molecule has 2 aliphatic heterocycles. The number of nitrogens with zero attached hydrogens (tertiary/aromatic N) is 1. The van der Waals surface area contributed by atoms with Crippen LogP contribution >= 0.6 is 0 Å². The second-order valence-electron chi connectivity index (χ2n) is 9.35. The SMILES string of the molecule is CCC(=O)[C@@H]1C2CCC(C)(CN2C)[C@H](c2ccccc2)[C@H]1c1ccc(C)cc1. The number of fused-ring (bicyclic) bond motifs is 4. The Morgan fingerprint density at radius 1 is 1.07 bits per heavy atom. The molecule has 2 heteroatoms. The van der Waals surface area contributed by atoms with Crippen molar-refractivity contribution in [3.8, 4) is 0 Å². The predicted molar refractivity (Wildman–Crippen MR) is 116 cm³/mol. The number of Topliss-reactive ketones (excluding diaryl/α,β-unsaturated/α-hetero) is 1. The van der Waals surface area contributed by atoms with Crippen LogP contribution in [0.25, 0.3) is 0 Å². The van der Waals surface area contributed by atoms with Gasteiger partial charge in [-0.05, 0) is 49.3 Å². The highest BCUT2D eigenvalue weighted by Crippen LogP contribution is 2.58. The molecule has 2 aromatic rings. The number of aryl methyl sites for hydroxylation is 1. The molecule has 3 fully saturated rings. The van der Waals surface area contributed by atoms with Crippen LogP contribution in [-0.2, 0) is 4.79 Å². The molecule has 2 unspecified atom stereocenters. The third kappa shape index (κ3) is 3.22. The lowest BCUT2D eigenvalue weighted by Gasteiger charge is -2.44. The Morgan fingerprint density at radius 2 is 1.75 bits per heavy atom. The maximum absolute atomic E-state index is 13.4. The number of rotatable bonds is 4. The van der Waals surface area contributed by atoms with E-state index in [4.69, 9.17) is 0 Å². The molecule has 2 aromatic carbocycles. The fraction of sp³-hybridized carbons (Fsp3) is 0.500. The summed E-state index contributed by atoms with van der Waals surface area (Å²) >= 11 is 0. The third-order valence-electron chi connectivity index (χ3n) is 7.44. The zero-order valence-corrected chi connectivity index (χ0v) is 17.7. The first-order valence-electron chi connectivity index (χ1n) is 10.8. The molecule has 2 saturated heterocycles. The number of carbonyl (C=O) groups is 1. The van der Waals surface area contributed by atoms with E-state index in [0.717, 1.165) is 13.0 Å². The molecule has 2 bridgehead atoms. The number of ketones is 1. The summed E-state index contributed by atoms with van der Waals surface area (Å²) < 4.78 is 0. The summed E-state index contributed by atoms with van der Waals surface area (Å²) in [5, 5.41) is 0. The highest BCUT2D eigenvalue weighted by molar-refractivity contribution is 5.83. The topological polar surface area (TPSA) is 20.3 Å². The van der Waals surface area contributed by atoms with Crippen molar-refractivity contribution in [3.05, 3.63) is 71.3 Å². The van der Waals surface area contributed by atoms with E-state index in [1.807, 2.05) is 6.92 Å². The van der Waals surface area contributed by atoms with E-state index < -0.39 is 0 Å². The van der Waals surface area contributed by atoms with Gasteiger partial charge in [-0.1, -0.05) is 74.0 Å². The summed E-state index contributed by atoms with van der Waals surface area (Å²) in [6.45, 7) is 7.69. The van der Waals surface area contributed by atoms with Gasteiger partial charge in [0, 0.05) is 30.8 Å². The van der Waals surface area contributed by atoms with Crippen molar-refractivity contribution in [1.29, 1.82) is 0 Å². The Kier molecular flexibility index (Phi) is 5.18. The fourth-order valence-electron chi connectivity index (χ4n) is 6.16. The van der Waals surface area contributed by atoms with Crippen molar-refractivity contribution in [1.82, 2.24) is 4.90 Å². The van der Waals surface area contributed by atoms with Crippen LogP contribution in [0.15, 0.2) is 54.6 Å². The van der Waals surface area contributed by atoms with E-state index in [-0.39, 0.29) is 17.3 Å². The number of benzene rings is 2. The van der Waals surface area contributed by atoms with Crippen LogP contribution in [0.4, 0.5) is 0 Å². The quantitative estimate of drug-likeness (QED) is 0.696. The first-order valence-corrected chi connectivity index (χ1v) is 10.8. The summed E-state index contributed by atoms with van der Waals surface area (Å²) in [4.78, 5) is 15.9. The number of carbonyl (C=O) groups excluding carboxylic acids is 1. The van der Waals surface area contributed by atoms with Gasteiger partial charge in [-0.25, -0.2) is 0 Å². The maximum atomic E-state index is 13.4. The van der Waals surface area contributed by atoms with Crippen LogP contribution in [0.3, 0.4) is 0 Å². The van der Waals surface area contributed by atoms with E-state index in [9.17, 15) is 4.79 Å². The summed E-state index contributed by atoms with van der Waals surface area (Å²) in [7, 11) is 2.23. The average Bonchev–Trinajstić information content (AvgIpc) is 2.88. The first kappa shape index (κ1) is 19.4. The highest BCUT2D eigenvalue weighted by atomic mass is 16.1. The van der Waals surface area contributed by atoms with Gasteiger partial charge < -0.3 is 4.90 Å². The lowest BCUT2D eigenvalue weighted by molar-refractivity contribution is -0.125. The number of piperidine rings is 1. The average molecular weight is 376 g/mol. The molecule has 5 rings (SSSR count). The summed E-state index contributed by atoms with van der Waals surface area (Å²) in [6, 6.07) is 20.3. The normalized spacial score (nSPS) is 32.9. The van der Waals surface area contributed by atoms with E-state index in [1.165, 1.54) is 23.1 Å². The summed E-state index contributed by atoms with van der Waals surface area (Å²) in [5.41, 5.74) is 4.17. The number of hydrogen-bond donors (Lipinski definition) is 0. The Morgan fingerprint density at radius 3 is 2.36 bits per heavy atom. The zero-order valence-electron chi connectivity index (χ0n) is 17.7. The second-order valence-corrected chi connectivity index (χ2v) is 9.35. The van der Waals surface area contributed by atoms with Crippen LogP contribution in [0, 0.1) is 18.3 Å². The van der Waals surface area contributed by atoms with Gasteiger partial charge in [0.15, 0.2) is 0 Å². The Labute approximate surface area is 170 Å². The monoisotopic (exact) mass is 375 g/mol. The molecule has 0 aromatic heterocycles. The predicted octanol–water partition coefficient (Wildman–Crippen LogP) is 5.57. The van der Waals surface area contributed by atoms with Gasteiger partial charge in [0.2, 0.25) is 0 Å². The molecular formula is C26H33NO. The minimum absolute atomic E-state index is 0.0623. The van der Waals surface area contributed by atoms with Crippen LogP contribution in [0.1, 0.15) is 61.6 Å². The Bertz CT molecular complexity index is 827. The van der Waals surface area contributed by atoms with Gasteiger partial charge in [0.1, 0.15) is 5.78 Å². The molecule has 2 heterocycles. The Balaban J connectivity index is 1.95. The molecule has 3 aliphatic rings. The molecule has 0 radical (unpaired) electrons. The summed E-state index contributed by atoms with van der Waals surface area (Å²) in [6.07, 6.45) is 2.93. The van der Waals surface area contributed by atoms with Gasteiger partial charge in [-0.2, -0.15) is 0 Å². The molecule has 0 spiro atoms. The highest BCUT2D eigenvalue weighted by Gasteiger charge is 2.55. The van der Waals surface area contributed by atoms with E-state index in [2.05, 4.69) is 80.4 Å². The molecule has 28 heavy (non-hydrogen) atoms. The lowest BCUT2D eigenvalue weighted by Crippen LogP contribution is -2.47. The zero-order chi connectivity index (χ0) is 19.9. The molecule has 1 saturated carbocycles. The van der Waals surface area contributed by atoms with Crippen molar-refractivity contribution < 1.29 is 4.79 Å². The largest absolute Gasteiger partial charge is 0.302 e. The molecular weight excluding hydrogens is 342 g/mol. The van der Waals surface area contributed by atoms with Crippen LogP contribution < -0.4 is 0 Å². The van der Waals surface area contributed by atoms with Gasteiger partial charge in [0.05, 0.1) is 0 Å². The molecule has 0 N–H and O–H groups in total. The Hall–Kier alpha value is -1.93. The molecule has 1 aliphatic carbocycles. The molecule has 0 amide bonds. The summed E-state index contributed by atoms with van der Waals surface area (Å²) in [5.74, 6) is 1.08. The van der Waals surface area contributed by atoms with E-state index in [1.54, 1.807) is 0 Å². The van der Waals surface area contributed by atoms with Crippen molar-refractivity contribution in [2.45, 2.75) is 57.9 Å². The van der Waals surface area contributed by atoms with Crippen molar-refractivity contribution in [3.63, 3.8) is 0 Å². The van der Waals surface area contributed by atoms with Crippen molar-refractivity contribution in [2.24, 2.45) is 11.3 Å². The van der Waals surface area contributed by atoms with Gasteiger partial charge in [-0.15, -0.1) is 0 Å². The van der Waals surface area contributed by atoms with Crippen LogP contribution in [0.2, 0.25) is 0 Å². The smallest absolute Gasteiger partial charge is 0.137 e. The first-order chi connectivity index (χ1) is 13.4. The van der Waals surface area contributed by atoms with Crippen LogP contribution in [-0.4, -0.2) is 30.3 Å². The van der Waals surface area contributed by atoms with Gasteiger partial charge in [0.25, 0.3) is 0 Å². The molecule has 148 valence electrons. The minimum atomic E-state index is 0.0623. The van der Waals surface area contributed by atoms with Gasteiger partial charge in [-0.3, -0.25) is 4.79 Å². The third-order valence-corrected chi connectivity index (χ3v) is 7.44. The van der Waals surface area contributed by atoms with Crippen molar-refractivity contribution in [2.75, 3.05) is 13.6 Å². The minimum Gasteiger partial charge on any atom is -0.302 e. The maximum Gasteiger partial charge on any atom is 0.137 e. The van der Waals surface area contributed by atoms with Gasteiger partial charge >= 0.3 is 0 Å². The lowest BCUT2D eigenvalue weighted by atomic mass is 9.62. The molecule has 2 nitrogen and oxygen atoms in total. The second kappa shape index (κ2) is 7.48. The standard InChI is InChI=1S/C26H33NO/c1-5-22(28)24-21-15-16-26(3,17-27(21)4)25(20-9-7-6-8-10-20)23(24)19-13-11-18(2)12-14-19/h6-14,21,23-25H,5,15-17H2,1-4H3/t21?,23-,24-,25+,26?/m0/s1. The van der Waals surface area contributed by atoms with E-state index in [0.29, 0.717) is 24.2 Å². The van der Waals surface area contributed by atoms with Crippen molar-refractivity contribution >= 4 is 5.78 Å².